The van der Waals surface area contributed by atoms with Gasteiger partial charge in [-0.15, -0.1) is 11.6 Å². The van der Waals surface area contributed by atoms with E-state index in [0.29, 0.717) is 5.88 Å². The van der Waals surface area contributed by atoms with Crippen LogP contribution >= 0.6 is 11.6 Å². The topological polar surface area (TPSA) is 43.6 Å². The van der Waals surface area contributed by atoms with Crippen molar-refractivity contribution in [3.63, 3.8) is 0 Å². The third-order valence-corrected chi connectivity index (χ3v) is 3.34. The van der Waals surface area contributed by atoms with Gasteiger partial charge in [0.1, 0.15) is 11.3 Å². The zero-order valence-corrected chi connectivity index (χ0v) is 11.1. The molecular formula is C14H13ClN4. The van der Waals surface area contributed by atoms with Crippen LogP contribution in [0.25, 0.3) is 11.0 Å². The van der Waals surface area contributed by atoms with Crippen molar-refractivity contribution in [2.75, 3.05) is 0 Å². The van der Waals surface area contributed by atoms with E-state index in [0.717, 1.165) is 29.8 Å². The minimum absolute atomic E-state index is 0.404. The van der Waals surface area contributed by atoms with Crippen LogP contribution < -0.4 is 0 Å². The Balaban J connectivity index is 1.91. The van der Waals surface area contributed by atoms with Gasteiger partial charge in [-0.3, -0.25) is 9.97 Å². The molecule has 3 aromatic rings. The van der Waals surface area contributed by atoms with Gasteiger partial charge in [0.2, 0.25) is 0 Å². The van der Waals surface area contributed by atoms with Crippen LogP contribution in [-0.2, 0) is 18.8 Å². The standard InChI is InChI=1S/C14H13ClN4/c15-8-14-18-12-10-17-6-3-13(12)19(14)7-4-11-2-1-5-16-9-11/h1-3,5-6,9-10H,4,7-8H2. The van der Waals surface area contributed by atoms with E-state index in [4.69, 9.17) is 11.6 Å². The molecule has 0 aliphatic heterocycles. The minimum atomic E-state index is 0.404. The number of aryl methyl sites for hydroxylation is 2. The Kier molecular flexibility index (Phi) is 3.42. The first kappa shape index (κ1) is 12.1. The summed E-state index contributed by atoms with van der Waals surface area (Å²) in [6.07, 6.45) is 8.13. The van der Waals surface area contributed by atoms with Crippen molar-refractivity contribution in [1.82, 2.24) is 19.5 Å². The molecular weight excluding hydrogens is 260 g/mol. The average Bonchev–Trinajstić information content (AvgIpc) is 2.84. The third kappa shape index (κ3) is 2.44. The molecule has 0 radical (unpaired) electrons. The number of nitrogens with zero attached hydrogens (tertiary/aromatic N) is 4. The molecule has 3 aromatic heterocycles. The Morgan fingerprint density at radius 1 is 1.11 bits per heavy atom. The molecule has 3 heterocycles. The Bertz CT molecular complexity index is 678. The molecule has 0 amide bonds. The molecule has 0 atom stereocenters. The van der Waals surface area contributed by atoms with E-state index < -0.39 is 0 Å². The SMILES string of the molecule is ClCc1nc2cnccc2n1CCc1cccnc1. The molecule has 3 rings (SSSR count). The minimum Gasteiger partial charge on any atom is -0.327 e. The van der Waals surface area contributed by atoms with Gasteiger partial charge in [0.15, 0.2) is 0 Å². The molecule has 0 fully saturated rings. The molecule has 0 saturated heterocycles. The summed E-state index contributed by atoms with van der Waals surface area (Å²) >= 11 is 5.97. The van der Waals surface area contributed by atoms with Crippen LogP contribution in [0.2, 0.25) is 0 Å². The Labute approximate surface area is 116 Å². The van der Waals surface area contributed by atoms with Crippen LogP contribution in [0.4, 0.5) is 0 Å². The molecule has 0 unspecified atom stereocenters. The second-order valence-corrected chi connectivity index (χ2v) is 4.56. The lowest BCUT2D eigenvalue weighted by molar-refractivity contribution is 0.686. The highest BCUT2D eigenvalue weighted by molar-refractivity contribution is 6.16. The summed E-state index contributed by atoms with van der Waals surface area (Å²) in [6, 6.07) is 6.00. The summed E-state index contributed by atoms with van der Waals surface area (Å²) in [7, 11) is 0. The highest BCUT2D eigenvalue weighted by Crippen LogP contribution is 2.17. The number of pyridine rings is 2. The lowest BCUT2D eigenvalue weighted by Gasteiger charge is -2.07. The van der Waals surface area contributed by atoms with Gasteiger partial charge in [-0.05, 0) is 24.1 Å². The van der Waals surface area contributed by atoms with E-state index >= 15 is 0 Å². The van der Waals surface area contributed by atoms with E-state index in [1.807, 2.05) is 18.3 Å². The number of aromatic nitrogens is 4. The van der Waals surface area contributed by atoms with E-state index in [9.17, 15) is 0 Å². The smallest absolute Gasteiger partial charge is 0.124 e. The van der Waals surface area contributed by atoms with E-state index in [1.54, 1.807) is 18.6 Å². The molecule has 0 aromatic carbocycles. The van der Waals surface area contributed by atoms with Crippen LogP contribution in [-0.4, -0.2) is 19.5 Å². The maximum Gasteiger partial charge on any atom is 0.124 e. The van der Waals surface area contributed by atoms with Gasteiger partial charge >= 0.3 is 0 Å². The number of alkyl halides is 1. The lowest BCUT2D eigenvalue weighted by atomic mass is 10.2. The predicted molar refractivity (Wildman–Crippen MR) is 75.0 cm³/mol. The van der Waals surface area contributed by atoms with Crippen molar-refractivity contribution in [1.29, 1.82) is 0 Å². The van der Waals surface area contributed by atoms with Gasteiger partial charge in [-0.1, -0.05) is 6.07 Å². The van der Waals surface area contributed by atoms with Gasteiger partial charge in [-0.25, -0.2) is 4.98 Å². The summed E-state index contributed by atoms with van der Waals surface area (Å²) in [6.45, 7) is 0.842. The molecule has 5 heteroatoms. The Morgan fingerprint density at radius 3 is 2.79 bits per heavy atom. The zero-order valence-electron chi connectivity index (χ0n) is 10.3. The van der Waals surface area contributed by atoms with E-state index in [2.05, 4.69) is 25.6 Å². The molecule has 0 spiro atoms. The molecule has 0 aliphatic carbocycles. The first-order chi connectivity index (χ1) is 9.38. The Morgan fingerprint density at radius 2 is 2.00 bits per heavy atom. The second-order valence-electron chi connectivity index (χ2n) is 4.29. The number of hydrogen-bond donors (Lipinski definition) is 0. The maximum atomic E-state index is 5.97. The van der Waals surface area contributed by atoms with Gasteiger partial charge < -0.3 is 4.57 Å². The molecule has 4 nitrogen and oxygen atoms in total. The van der Waals surface area contributed by atoms with Crippen molar-refractivity contribution >= 4 is 22.6 Å². The quantitative estimate of drug-likeness (QED) is 0.686. The van der Waals surface area contributed by atoms with Gasteiger partial charge in [-0.2, -0.15) is 0 Å². The van der Waals surface area contributed by atoms with Crippen LogP contribution in [0.3, 0.4) is 0 Å². The van der Waals surface area contributed by atoms with Crippen LogP contribution in [0.5, 0.6) is 0 Å². The second kappa shape index (κ2) is 5.36. The summed E-state index contributed by atoms with van der Waals surface area (Å²) in [5.41, 5.74) is 3.18. The first-order valence-electron chi connectivity index (χ1n) is 6.12. The molecule has 96 valence electrons. The van der Waals surface area contributed by atoms with E-state index in [1.165, 1.54) is 5.56 Å². The van der Waals surface area contributed by atoms with Crippen molar-refractivity contribution in [2.24, 2.45) is 0 Å². The van der Waals surface area contributed by atoms with Crippen LogP contribution in [0.15, 0.2) is 43.0 Å². The largest absolute Gasteiger partial charge is 0.327 e. The summed E-state index contributed by atoms with van der Waals surface area (Å²) < 4.78 is 2.15. The number of hydrogen-bond acceptors (Lipinski definition) is 3. The van der Waals surface area contributed by atoms with E-state index in [-0.39, 0.29) is 0 Å². The fraction of sp³-hybridized carbons (Fsp3) is 0.214. The molecule has 0 N–H and O–H groups in total. The summed E-state index contributed by atoms with van der Waals surface area (Å²) in [5.74, 6) is 1.29. The normalized spacial score (nSPS) is 11.0. The van der Waals surface area contributed by atoms with Crippen molar-refractivity contribution in [3.8, 4) is 0 Å². The fourth-order valence-corrected chi connectivity index (χ4v) is 2.37. The monoisotopic (exact) mass is 272 g/mol. The van der Waals surface area contributed by atoms with Crippen molar-refractivity contribution in [3.05, 3.63) is 54.4 Å². The van der Waals surface area contributed by atoms with Gasteiger partial charge in [0.25, 0.3) is 0 Å². The number of rotatable bonds is 4. The lowest BCUT2D eigenvalue weighted by Crippen LogP contribution is -2.05. The highest BCUT2D eigenvalue weighted by Gasteiger charge is 2.09. The number of halogens is 1. The van der Waals surface area contributed by atoms with Crippen LogP contribution in [0.1, 0.15) is 11.4 Å². The molecule has 0 saturated carbocycles. The zero-order chi connectivity index (χ0) is 13.1. The first-order valence-corrected chi connectivity index (χ1v) is 6.66. The van der Waals surface area contributed by atoms with Crippen LogP contribution in [0, 0.1) is 0 Å². The highest BCUT2D eigenvalue weighted by atomic mass is 35.5. The average molecular weight is 273 g/mol. The van der Waals surface area contributed by atoms with Gasteiger partial charge in [0, 0.05) is 25.1 Å². The summed E-state index contributed by atoms with van der Waals surface area (Å²) in [4.78, 5) is 12.7. The Hall–Kier alpha value is -1.94. The number of imidazole rings is 1. The third-order valence-electron chi connectivity index (χ3n) is 3.10. The number of fused-ring (bicyclic) bond motifs is 1. The predicted octanol–water partition coefficient (Wildman–Crippen LogP) is 2.81. The molecule has 0 aliphatic rings. The fourth-order valence-electron chi connectivity index (χ4n) is 2.17. The van der Waals surface area contributed by atoms with Gasteiger partial charge in [0.05, 0.1) is 17.6 Å². The van der Waals surface area contributed by atoms with Crippen molar-refractivity contribution < 1.29 is 0 Å². The molecule has 0 bridgehead atoms. The maximum absolute atomic E-state index is 5.97. The summed E-state index contributed by atoms with van der Waals surface area (Å²) in [5, 5.41) is 0. The van der Waals surface area contributed by atoms with Crippen molar-refractivity contribution in [2.45, 2.75) is 18.8 Å². The molecule has 19 heavy (non-hydrogen) atoms.